The van der Waals surface area contributed by atoms with Crippen molar-refractivity contribution in [3.8, 4) is 5.19 Å². The van der Waals surface area contributed by atoms with Gasteiger partial charge in [-0.15, -0.1) is 23.1 Å². The summed E-state index contributed by atoms with van der Waals surface area (Å²) in [6.07, 6.45) is 4.08. The third-order valence-electron chi connectivity index (χ3n) is 5.65. The highest BCUT2D eigenvalue weighted by atomic mass is 35.5. The van der Waals surface area contributed by atoms with Gasteiger partial charge in [0.1, 0.15) is 5.03 Å². The molecule has 0 amide bonds. The molecule has 5 rings (SSSR count). The van der Waals surface area contributed by atoms with Gasteiger partial charge in [-0.1, -0.05) is 23.7 Å². The first-order valence-corrected chi connectivity index (χ1v) is 9.88. The summed E-state index contributed by atoms with van der Waals surface area (Å²) in [6, 6.07) is 8.22. The predicted octanol–water partition coefficient (Wildman–Crippen LogP) is 4.52. The quantitative estimate of drug-likeness (QED) is 0.760. The van der Waals surface area contributed by atoms with Gasteiger partial charge in [0.25, 0.3) is 0 Å². The van der Waals surface area contributed by atoms with Crippen LogP contribution < -0.4 is 5.11 Å². The summed E-state index contributed by atoms with van der Waals surface area (Å²) < 4.78 is 0. The number of fused-ring (bicyclic) bond motifs is 6. The van der Waals surface area contributed by atoms with Crippen molar-refractivity contribution in [3.63, 3.8) is 0 Å². The normalized spacial score (nSPS) is 35.4. The number of thioether (sulfide) groups is 1. The van der Waals surface area contributed by atoms with Crippen molar-refractivity contribution < 1.29 is 5.11 Å². The van der Waals surface area contributed by atoms with E-state index in [-0.39, 0.29) is 5.19 Å². The zero-order chi connectivity index (χ0) is 14.8. The molecule has 1 aliphatic heterocycles. The Morgan fingerprint density at radius 1 is 1.14 bits per heavy atom. The summed E-state index contributed by atoms with van der Waals surface area (Å²) in [5, 5.41) is 14.2. The van der Waals surface area contributed by atoms with Crippen LogP contribution in [0.25, 0.3) is 0 Å². The van der Waals surface area contributed by atoms with Crippen molar-refractivity contribution in [2.75, 3.05) is 0 Å². The average molecular weight is 349 g/mol. The van der Waals surface area contributed by atoms with Gasteiger partial charge in [0.15, 0.2) is 0 Å². The molecule has 2 heterocycles. The molecule has 22 heavy (non-hydrogen) atoms. The van der Waals surface area contributed by atoms with Gasteiger partial charge in [0, 0.05) is 26.3 Å². The lowest BCUT2D eigenvalue weighted by Crippen LogP contribution is -2.33. The molecule has 1 aromatic heterocycles. The van der Waals surface area contributed by atoms with E-state index in [9.17, 15) is 5.11 Å². The molecule has 0 radical (unpaired) electrons. The third kappa shape index (κ3) is 1.90. The SMILES string of the molecule is [O-]c1nc2c(s1)C(c1ccc(Cl)cc1)C1C3CCC(C3)C1S2. The van der Waals surface area contributed by atoms with Crippen molar-refractivity contribution in [1.29, 1.82) is 0 Å². The molecule has 0 spiro atoms. The van der Waals surface area contributed by atoms with Gasteiger partial charge in [0.2, 0.25) is 0 Å². The van der Waals surface area contributed by atoms with Crippen molar-refractivity contribution >= 4 is 34.7 Å². The van der Waals surface area contributed by atoms with Crippen LogP contribution in [0.4, 0.5) is 0 Å². The van der Waals surface area contributed by atoms with Crippen LogP contribution in [-0.2, 0) is 0 Å². The standard InChI is InChI=1S/C17H16ClNOS2/c18-11-5-3-8(4-6-11)12-13-9-1-2-10(7-9)14(13)21-16-15(12)22-17(20)19-16/h3-6,9-10,12-14H,1-2,7H2,(H,19,20)/p-1. The lowest BCUT2D eigenvalue weighted by atomic mass is 9.75. The van der Waals surface area contributed by atoms with Crippen LogP contribution in [0.2, 0.25) is 5.02 Å². The van der Waals surface area contributed by atoms with E-state index in [4.69, 9.17) is 11.6 Å². The van der Waals surface area contributed by atoms with Crippen LogP contribution >= 0.6 is 34.7 Å². The van der Waals surface area contributed by atoms with E-state index in [0.29, 0.717) is 17.1 Å². The fourth-order valence-corrected chi connectivity index (χ4v) is 7.79. The highest BCUT2D eigenvalue weighted by molar-refractivity contribution is 8.00. The van der Waals surface area contributed by atoms with Crippen LogP contribution in [0.5, 0.6) is 5.19 Å². The second-order valence-corrected chi connectivity index (χ2v) is 9.27. The van der Waals surface area contributed by atoms with Crippen LogP contribution in [0.15, 0.2) is 29.3 Å². The number of nitrogens with zero attached hydrogens (tertiary/aromatic N) is 1. The highest BCUT2D eigenvalue weighted by Crippen LogP contribution is 2.64. The fraction of sp³-hybridized carbons (Fsp3) is 0.471. The monoisotopic (exact) mass is 348 g/mol. The molecule has 2 aromatic rings. The Kier molecular flexibility index (Phi) is 3.05. The van der Waals surface area contributed by atoms with E-state index >= 15 is 0 Å². The van der Waals surface area contributed by atoms with E-state index in [0.717, 1.165) is 21.9 Å². The molecule has 5 unspecified atom stereocenters. The summed E-state index contributed by atoms with van der Waals surface area (Å²) >= 11 is 9.30. The minimum absolute atomic E-state index is 0.0382. The molecule has 2 fully saturated rings. The second-order valence-electron chi connectivity index (χ2n) is 6.67. The van der Waals surface area contributed by atoms with Gasteiger partial charge in [-0.25, -0.2) is 4.98 Å². The zero-order valence-corrected chi connectivity index (χ0v) is 14.3. The number of hydrogen-bond donors (Lipinski definition) is 0. The predicted molar refractivity (Wildman–Crippen MR) is 88.8 cm³/mol. The maximum Gasteiger partial charge on any atom is 0.110 e. The first-order chi connectivity index (χ1) is 10.7. The van der Waals surface area contributed by atoms with E-state index in [1.807, 2.05) is 23.9 Å². The molecule has 0 N–H and O–H groups in total. The van der Waals surface area contributed by atoms with Gasteiger partial charge >= 0.3 is 0 Å². The molecule has 2 aliphatic carbocycles. The Morgan fingerprint density at radius 2 is 1.91 bits per heavy atom. The summed E-state index contributed by atoms with van der Waals surface area (Å²) in [6.45, 7) is 0. The number of halogens is 1. The first kappa shape index (κ1) is 13.7. The maximum atomic E-state index is 11.9. The zero-order valence-electron chi connectivity index (χ0n) is 11.9. The lowest BCUT2D eigenvalue weighted by Gasteiger charge is -2.40. The molecule has 2 saturated carbocycles. The van der Waals surface area contributed by atoms with Crippen LogP contribution in [-0.4, -0.2) is 10.2 Å². The molecule has 5 heteroatoms. The maximum absolute atomic E-state index is 11.9. The van der Waals surface area contributed by atoms with Crippen molar-refractivity contribution in [2.24, 2.45) is 17.8 Å². The molecule has 2 bridgehead atoms. The molecule has 0 saturated heterocycles. The highest BCUT2D eigenvalue weighted by Gasteiger charge is 2.54. The van der Waals surface area contributed by atoms with E-state index in [2.05, 4.69) is 17.1 Å². The van der Waals surface area contributed by atoms with Gasteiger partial charge in [-0.3, -0.25) is 0 Å². The third-order valence-corrected chi connectivity index (χ3v) is 8.47. The van der Waals surface area contributed by atoms with Gasteiger partial charge in [0.05, 0.1) is 0 Å². The van der Waals surface area contributed by atoms with Gasteiger partial charge in [-0.05, 0) is 54.7 Å². The minimum atomic E-state index is -0.0382. The van der Waals surface area contributed by atoms with E-state index in [1.54, 1.807) is 0 Å². The van der Waals surface area contributed by atoms with Gasteiger partial charge in [-0.2, -0.15) is 0 Å². The first-order valence-electron chi connectivity index (χ1n) is 7.80. The molecule has 5 atom stereocenters. The minimum Gasteiger partial charge on any atom is -0.851 e. The molecular weight excluding hydrogens is 334 g/mol. The molecule has 3 aliphatic rings. The molecule has 114 valence electrons. The second kappa shape index (κ2) is 4.89. The number of benzene rings is 1. The van der Waals surface area contributed by atoms with Crippen LogP contribution in [0.3, 0.4) is 0 Å². The molecular formula is C17H15ClNOS2-. The van der Waals surface area contributed by atoms with Crippen LogP contribution in [0, 0.1) is 17.8 Å². The summed E-state index contributed by atoms with van der Waals surface area (Å²) in [4.78, 5) is 5.49. The number of aromatic nitrogens is 1. The largest absolute Gasteiger partial charge is 0.851 e. The lowest BCUT2D eigenvalue weighted by molar-refractivity contribution is -0.268. The summed E-state index contributed by atoms with van der Waals surface area (Å²) in [7, 11) is 0. The van der Waals surface area contributed by atoms with E-state index in [1.165, 1.54) is 41.0 Å². The molecule has 1 aromatic carbocycles. The number of thiazole rings is 1. The fourth-order valence-electron chi connectivity index (χ4n) is 4.85. The topological polar surface area (TPSA) is 36.0 Å². The Hall–Kier alpha value is -0.710. The summed E-state index contributed by atoms with van der Waals surface area (Å²) in [5.74, 6) is 2.64. The Labute approximate surface area is 142 Å². The number of hydrogen-bond acceptors (Lipinski definition) is 4. The molecule has 2 nitrogen and oxygen atoms in total. The smallest absolute Gasteiger partial charge is 0.110 e. The number of rotatable bonds is 1. The average Bonchev–Trinajstić information content (AvgIpc) is 3.19. The van der Waals surface area contributed by atoms with Crippen molar-refractivity contribution in [2.45, 2.75) is 35.5 Å². The van der Waals surface area contributed by atoms with E-state index < -0.39 is 0 Å². The Balaban J connectivity index is 1.66. The Bertz CT molecular complexity index is 729. The van der Waals surface area contributed by atoms with Crippen LogP contribution in [0.1, 0.15) is 35.6 Å². The van der Waals surface area contributed by atoms with Gasteiger partial charge < -0.3 is 5.11 Å². The Morgan fingerprint density at radius 3 is 2.73 bits per heavy atom. The van der Waals surface area contributed by atoms with Crippen molar-refractivity contribution in [1.82, 2.24) is 4.98 Å². The van der Waals surface area contributed by atoms with Crippen molar-refractivity contribution in [3.05, 3.63) is 39.7 Å². The summed E-state index contributed by atoms with van der Waals surface area (Å²) in [5.41, 5.74) is 1.30.